The Labute approximate surface area is 110 Å². The van der Waals surface area contributed by atoms with Crippen molar-refractivity contribution in [1.29, 1.82) is 0 Å². The summed E-state index contributed by atoms with van der Waals surface area (Å²) in [5.41, 5.74) is 0. The molecule has 1 aliphatic heterocycles. The molecule has 0 aliphatic carbocycles. The second-order valence-corrected chi connectivity index (χ2v) is 7.52. The zero-order chi connectivity index (χ0) is 11.0. The van der Waals surface area contributed by atoms with Crippen LogP contribution in [0, 0.1) is 0 Å². The van der Waals surface area contributed by atoms with Gasteiger partial charge in [-0.2, -0.15) is 0 Å². The zero-order valence-electron chi connectivity index (χ0n) is 8.74. The van der Waals surface area contributed by atoms with Crippen LogP contribution >= 0.6 is 22.9 Å². The van der Waals surface area contributed by atoms with Gasteiger partial charge in [0.2, 0.25) is 0 Å². The molecule has 3 rings (SSSR count). The van der Waals surface area contributed by atoms with E-state index in [4.69, 9.17) is 16.3 Å². The molecule has 2 nitrogen and oxygen atoms in total. The summed E-state index contributed by atoms with van der Waals surface area (Å²) in [5.74, 6) is 0. The summed E-state index contributed by atoms with van der Waals surface area (Å²) in [6.45, 7) is 4.83. The minimum atomic E-state index is 0.449. The molecular formula is C11H12ClNOSSe. The molecule has 2 aromatic heterocycles. The van der Waals surface area contributed by atoms with E-state index in [-0.39, 0.29) is 0 Å². The van der Waals surface area contributed by atoms with E-state index >= 15 is 0 Å². The molecular weight excluding hydrogens is 309 g/mol. The van der Waals surface area contributed by atoms with Gasteiger partial charge in [0.15, 0.2) is 0 Å². The molecule has 0 bridgehead atoms. The van der Waals surface area contributed by atoms with Gasteiger partial charge in [-0.25, -0.2) is 0 Å². The molecule has 0 saturated carbocycles. The first-order valence-electron chi connectivity index (χ1n) is 5.29. The standard InChI is InChI=1S/C11H12ClNOSSe/c12-10-9(7-13-2-4-14-5-3-13)16-8-1-6-15-11(8)10/h1,6H,2-5,7H2. The predicted octanol–water partition coefficient (Wildman–Crippen LogP) is 2.44. The number of hydrogen-bond donors (Lipinski definition) is 0. The molecule has 0 unspecified atom stereocenters. The predicted molar refractivity (Wildman–Crippen MR) is 69.9 cm³/mol. The summed E-state index contributed by atoms with van der Waals surface area (Å²) in [7, 11) is 0. The van der Waals surface area contributed by atoms with E-state index in [0.717, 1.165) is 37.9 Å². The molecule has 16 heavy (non-hydrogen) atoms. The molecule has 3 heterocycles. The molecule has 1 aliphatic rings. The van der Waals surface area contributed by atoms with E-state index < -0.39 is 0 Å². The molecule has 86 valence electrons. The van der Waals surface area contributed by atoms with Gasteiger partial charge in [-0.05, 0) is 0 Å². The van der Waals surface area contributed by atoms with Crippen LogP contribution in [0.2, 0.25) is 5.02 Å². The minimum absolute atomic E-state index is 0.449. The first-order chi connectivity index (χ1) is 7.84. The number of ether oxygens (including phenoxy) is 1. The molecule has 1 fully saturated rings. The van der Waals surface area contributed by atoms with E-state index in [0.29, 0.717) is 14.5 Å². The molecule has 5 heteroatoms. The third-order valence-corrected chi connectivity index (χ3v) is 7.18. The van der Waals surface area contributed by atoms with Crippen molar-refractivity contribution in [1.82, 2.24) is 4.90 Å². The molecule has 0 aromatic carbocycles. The van der Waals surface area contributed by atoms with Crippen molar-refractivity contribution in [2.24, 2.45) is 0 Å². The third-order valence-electron chi connectivity index (χ3n) is 2.78. The van der Waals surface area contributed by atoms with Crippen LogP contribution in [0.4, 0.5) is 0 Å². The Morgan fingerprint density at radius 1 is 1.44 bits per heavy atom. The van der Waals surface area contributed by atoms with Gasteiger partial charge < -0.3 is 0 Å². The van der Waals surface area contributed by atoms with Gasteiger partial charge >= 0.3 is 110 Å². The molecule has 0 amide bonds. The van der Waals surface area contributed by atoms with Crippen molar-refractivity contribution in [3.05, 3.63) is 20.9 Å². The Kier molecular flexibility index (Phi) is 3.39. The summed E-state index contributed by atoms with van der Waals surface area (Å²) in [6.07, 6.45) is 0. The topological polar surface area (TPSA) is 12.5 Å². The van der Waals surface area contributed by atoms with Crippen LogP contribution in [-0.2, 0) is 11.3 Å². The normalized spacial score (nSPS) is 18.3. The molecule has 1 saturated heterocycles. The molecule has 0 N–H and O–H groups in total. The van der Waals surface area contributed by atoms with Crippen LogP contribution in [-0.4, -0.2) is 45.7 Å². The summed E-state index contributed by atoms with van der Waals surface area (Å²) in [5, 5.41) is 3.16. The van der Waals surface area contributed by atoms with Gasteiger partial charge in [0, 0.05) is 0 Å². The second-order valence-electron chi connectivity index (χ2n) is 3.84. The Balaban J connectivity index is 1.82. The molecule has 0 radical (unpaired) electrons. The van der Waals surface area contributed by atoms with Crippen LogP contribution in [0.25, 0.3) is 8.96 Å². The summed E-state index contributed by atoms with van der Waals surface area (Å²) < 4.78 is 9.57. The van der Waals surface area contributed by atoms with Crippen LogP contribution in [0.15, 0.2) is 11.4 Å². The third kappa shape index (κ3) is 2.10. The fourth-order valence-electron chi connectivity index (χ4n) is 1.91. The Hall–Kier alpha value is 0.169. The summed E-state index contributed by atoms with van der Waals surface area (Å²) in [6, 6.07) is 2.22. The van der Waals surface area contributed by atoms with Gasteiger partial charge in [0.05, 0.1) is 0 Å². The van der Waals surface area contributed by atoms with Crippen molar-refractivity contribution in [3.8, 4) is 0 Å². The number of halogens is 1. The average molecular weight is 321 g/mol. The van der Waals surface area contributed by atoms with Crippen molar-refractivity contribution in [3.63, 3.8) is 0 Å². The summed E-state index contributed by atoms with van der Waals surface area (Å²) >= 11 is 8.63. The second kappa shape index (κ2) is 4.81. The number of thiophene rings is 1. The van der Waals surface area contributed by atoms with Crippen LogP contribution in [0.3, 0.4) is 0 Å². The number of fused-ring (bicyclic) bond motifs is 1. The Bertz CT molecular complexity index is 489. The SMILES string of the molecule is Clc1c(CN2CCOCC2)[se]c2ccsc12. The number of morpholine rings is 1. The monoisotopic (exact) mass is 321 g/mol. The van der Waals surface area contributed by atoms with E-state index in [9.17, 15) is 0 Å². The molecule has 2 aromatic rings. The van der Waals surface area contributed by atoms with E-state index in [1.807, 2.05) is 0 Å². The maximum atomic E-state index is 6.42. The van der Waals surface area contributed by atoms with Gasteiger partial charge in [-0.15, -0.1) is 0 Å². The average Bonchev–Trinajstić information content (AvgIpc) is 2.86. The van der Waals surface area contributed by atoms with Gasteiger partial charge in [0.25, 0.3) is 0 Å². The van der Waals surface area contributed by atoms with E-state index in [1.165, 1.54) is 13.4 Å². The van der Waals surface area contributed by atoms with Crippen LogP contribution in [0.1, 0.15) is 4.44 Å². The first-order valence-corrected chi connectivity index (χ1v) is 8.26. The fourth-order valence-corrected chi connectivity index (χ4v) is 6.31. The van der Waals surface area contributed by atoms with Crippen molar-refractivity contribution in [2.75, 3.05) is 26.3 Å². The zero-order valence-corrected chi connectivity index (χ0v) is 12.0. The number of nitrogens with zero attached hydrogens (tertiary/aromatic N) is 1. The van der Waals surface area contributed by atoms with Gasteiger partial charge in [-0.3, -0.25) is 0 Å². The van der Waals surface area contributed by atoms with Crippen LogP contribution < -0.4 is 0 Å². The molecule has 0 spiro atoms. The quantitative estimate of drug-likeness (QED) is 0.788. The van der Waals surface area contributed by atoms with Gasteiger partial charge in [-0.1, -0.05) is 0 Å². The number of rotatable bonds is 2. The Morgan fingerprint density at radius 2 is 2.25 bits per heavy atom. The molecule has 0 atom stereocenters. The van der Waals surface area contributed by atoms with Crippen molar-refractivity contribution >= 4 is 46.4 Å². The van der Waals surface area contributed by atoms with E-state index in [2.05, 4.69) is 16.3 Å². The van der Waals surface area contributed by atoms with Crippen molar-refractivity contribution < 1.29 is 4.74 Å². The van der Waals surface area contributed by atoms with Gasteiger partial charge in [0.1, 0.15) is 0 Å². The summed E-state index contributed by atoms with van der Waals surface area (Å²) in [4.78, 5) is 2.44. The fraction of sp³-hybridized carbons (Fsp3) is 0.455. The Morgan fingerprint density at radius 3 is 3.00 bits per heavy atom. The van der Waals surface area contributed by atoms with Crippen molar-refractivity contribution in [2.45, 2.75) is 6.54 Å². The van der Waals surface area contributed by atoms with E-state index in [1.54, 1.807) is 11.3 Å². The maximum absolute atomic E-state index is 6.42. The number of hydrogen-bond acceptors (Lipinski definition) is 3. The van der Waals surface area contributed by atoms with Crippen LogP contribution in [0.5, 0.6) is 0 Å². The first kappa shape index (κ1) is 11.3.